The summed E-state index contributed by atoms with van der Waals surface area (Å²) in [5.74, 6) is 1.51. The van der Waals surface area contributed by atoms with E-state index in [4.69, 9.17) is 9.47 Å². The quantitative estimate of drug-likeness (QED) is 0.902. The Morgan fingerprint density at radius 3 is 2.50 bits per heavy atom. The van der Waals surface area contributed by atoms with Crippen molar-refractivity contribution < 1.29 is 9.47 Å². The summed E-state index contributed by atoms with van der Waals surface area (Å²) in [4.78, 5) is 0. The van der Waals surface area contributed by atoms with Crippen LogP contribution in [-0.4, -0.2) is 19.8 Å². The number of hydrogen-bond donors (Lipinski definition) is 1. The van der Waals surface area contributed by atoms with Crippen LogP contribution in [0.1, 0.15) is 31.7 Å². The molecule has 1 N–H and O–H groups in total. The Labute approximate surface area is 117 Å². The average Bonchev–Trinajstić information content (AvgIpc) is 2.33. The maximum atomic E-state index is 5.35. The lowest BCUT2D eigenvalue weighted by Crippen LogP contribution is -2.47. The van der Waals surface area contributed by atoms with Gasteiger partial charge in [-0.15, -0.1) is 0 Å². The standard InChI is InChI=1S/C14H20BrNO2/c1-14(5-4-6-14)16-9-10-7-11(15)13(18-3)12(8-10)17-2/h7-8,16H,4-6,9H2,1-3H3. The molecule has 0 radical (unpaired) electrons. The first-order chi connectivity index (χ1) is 8.58. The normalized spacial score (nSPS) is 17.1. The van der Waals surface area contributed by atoms with Crippen molar-refractivity contribution in [2.75, 3.05) is 14.2 Å². The molecule has 0 bridgehead atoms. The number of methoxy groups -OCH3 is 2. The lowest BCUT2D eigenvalue weighted by Gasteiger charge is -2.39. The van der Waals surface area contributed by atoms with E-state index in [2.05, 4.69) is 34.2 Å². The highest BCUT2D eigenvalue weighted by Gasteiger charge is 2.30. The van der Waals surface area contributed by atoms with Gasteiger partial charge in [-0.3, -0.25) is 0 Å². The molecule has 1 aliphatic rings. The Morgan fingerprint density at radius 2 is 2.00 bits per heavy atom. The van der Waals surface area contributed by atoms with E-state index in [1.807, 2.05) is 6.07 Å². The van der Waals surface area contributed by atoms with E-state index in [0.717, 1.165) is 22.5 Å². The summed E-state index contributed by atoms with van der Waals surface area (Å²) in [5, 5.41) is 3.61. The monoisotopic (exact) mass is 313 g/mol. The Kier molecular flexibility index (Phi) is 4.17. The van der Waals surface area contributed by atoms with Gasteiger partial charge in [0.1, 0.15) is 0 Å². The van der Waals surface area contributed by atoms with E-state index in [9.17, 15) is 0 Å². The van der Waals surface area contributed by atoms with Crippen LogP contribution in [0.4, 0.5) is 0 Å². The van der Waals surface area contributed by atoms with E-state index in [1.54, 1.807) is 14.2 Å². The Balaban J connectivity index is 2.11. The molecule has 0 spiro atoms. The van der Waals surface area contributed by atoms with Crippen LogP contribution in [-0.2, 0) is 6.54 Å². The molecule has 2 rings (SSSR count). The van der Waals surface area contributed by atoms with Crippen LogP contribution in [0.3, 0.4) is 0 Å². The number of benzene rings is 1. The van der Waals surface area contributed by atoms with Crippen LogP contribution in [0, 0.1) is 0 Å². The Hall–Kier alpha value is -0.740. The summed E-state index contributed by atoms with van der Waals surface area (Å²) in [5.41, 5.74) is 1.52. The summed E-state index contributed by atoms with van der Waals surface area (Å²) in [6.45, 7) is 3.14. The third-order valence-electron chi connectivity index (χ3n) is 3.67. The molecule has 0 atom stereocenters. The molecule has 0 saturated heterocycles. The lowest BCUT2D eigenvalue weighted by molar-refractivity contribution is 0.206. The van der Waals surface area contributed by atoms with Gasteiger partial charge in [-0.05, 0) is 59.8 Å². The predicted octanol–water partition coefficient (Wildman–Crippen LogP) is 3.50. The van der Waals surface area contributed by atoms with E-state index in [1.165, 1.54) is 24.8 Å². The van der Waals surface area contributed by atoms with E-state index >= 15 is 0 Å². The molecule has 1 aliphatic carbocycles. The van der Waals surface area contributed by atoms with E-state index in [-0.39, 0.29) is 0 Å². The topological polar surface area (TPSA) is 30.5 Å². The minimum atomic E-state index is 0.319. The molecule has 1 aromatic carbocycles. The van der Waals surface area contributed by atoms with Gasteiger partial charge in [-0.1, -0.05) is 0 Å². The second kappa shape index (κ2) is 5.49. The van der Waals surface area contributed by atoms with Gasteiger partial charge in [0.05, 0.1) is 18.7 Å². The van der Waals surface area contributed by atoms with Crippen molar-refractivity contribution in [1.29, 1.82) is 0 Å². The highest BCUT2D eigenvalue weighted by Crippen LogP contribution is 2.37. The van der Waals surface area contributed by atoms with Gasteiger partial charge in [-0.2, -0.15) is 0 Å². The van der Waals surface area contributed by atoms with Gasteiger partial charge in [-0.25, -0.2) is 0 Å². The zero-order valence-corrected chi connectivity index (χ0v) is 12.8. The molecule has 0 aromatic heterocycles. The molecule has 100 valence electrons. The van der Waals surface area contributed by atoms with Crippen LogP contribution in [0.2, 0.25) is 0 Å². The number of rotatable bonds is 5. The zero-order chi connectivity index (χ0) is 13.2. The van der Waals surface area contributed by atoms with Crippen LogP contribution in [0.25, 0.3) is 0 Å². The fourth-order valence-electron chi connectivity index (χ4n) is 2.27. The van der Waals surface area contributed by atoms with Crippen LogP contribution in [0.5, 0.6) is 11.5 Å². The van der Waals surface area contributed by atoms with Crippen LogP contribution in [0.15, 0.2) is 16.6 Å². The van der Waals surface area contributed by atoms with Gasteiger partial charge < -0.3 is 14.8 Å². The van der Waals surface area contributed by atoms with Gasteiger partial charge in [0, 0.05) is 12.1 Å². The average molecular weight is 314 g/mol. The number of ether oxygens (including phenoxy) is 2. The van der Waals surface area contributed by atoms with Crippen molar-refractivity contribution >= 4 is 15.9 Å². The Bertz CT molecular complexity index is 430. The van der Waals surface area contributed by atoms with Crippen LogP contribution >= 0.6 is 15.9 Å². The minimum absolute atomic E-state index is 0.319. The van der Waals surface area contributed by atoms with Crippen molar-refractivity contribution in [3.05, 3.63) is 22.2 Å². The summed E-state index contributed by atoms with van der Waals surface area (Å²) < 4.78 is 11.6. The maximum absolute atomic E-state index is 5.35. The molecule has 3 nitrogen and oxygen atoms in total. The number of nitrogens with one attached hydrogen (secondary N) is 1. The van der Waals surface area contributed by atoms with E-state index in [0.29, 0.717) is 5.54 Å². The van der Waals surface area contributed by atoms with Crippen molar-refractivity contribution in [3.8, 4) is 11.5 Å². The van der Waals surface area contributed by atoms with Gasteiger partial charge in [0.25, 0.3) is 0 Å². The van der Waals surface area contributed by atoms with Crippen molar-refractivity contribution in [2.24, 2.45) is 0 Å². The largest absolute Gasteiger partial charge is 0.493 e. The third kappa shape index (κ3) is 2.81. The molecule has 4 heteroatoms. The molecule has 1 aromatic rings. The maximum Gasteiger partial charge on any atom is 0.174 e. The molecule has 0 amide bonds. The minimum Gasteiger partial charge on any atom is -0.493 e. The first kappa shape index (κ1) is 13.7. The van der Waals surface area contributed by atoms with Crippen molar-refractivity contribution in [3.63, 3.8) is 0 Å². The highest BCUT2D eigenvalue weighted by atomic mass is 79.9. The summed E-state index contributed by atoms with van der Waals surface area (Å²) >= 11 is 3.52. The van der Waals surface area contributed by atoms with Gasteiger partial charge >= 0.3 is 0 Å². The first-order valence-corrected chi connectivity index (χ1v) is 7.03. The van der Waals surface area contributed by atoms with Crippen LogP contribution < -0.4 is 14.8 Å². The number of halogens is 1. The second-order valence-corrected chi connectivity index (χ2v) is 5.94. The molecule has 1 fully saturated rings. The number of hydrogen-bond acceptors (Lipinski definition) is 3. The first-order valence-electron chi connectivity index (χ1n) is 6.23. The van der Waals surface area contributed by atoms with Gasteiger partial charge in [0.15, 0.2) is 11.5 Å². The van der Waals surface area contributed by atoms with Crippen molar-refractivity contribution in [1.82, 2.24) is 5.32 Å². The van der Waals surface area contributed by atoms with Gasteiger partial charge in [0.2, 0.25) is 0 Å². The fraction of sp³-hybridized carbons (Fsp3) is 0.571. The molecular formula is C14H20BrNO2. The molecule has 18 heavy (non-hydrogen) atoms. The zero-order valence-electron chi connectivity index (χ0n) is 11.2. The predicted molar refractivity (Wildman–Crippen MR) is 76.3 cm³/mol. The molecular weight excluding hydrogens is 294 g/mol. The van der Waals surface area contributed by atoms with Crippen molar-refractivity contribution in [2.45, 2.75) is 38.3 Å². The Morgan fingerprint density at radius 1 is 1.28 bits per heavy atom. The molecule has 0 aliphatic heterocycles. The fourth-order valence-corrected chi connectivity index (χ4v) is 2.92. The molecule has 1 saturated carbocycles. The van der Waals surface area contributed by atoms with E-state index < -0.39 is 0 Å². The second-order valence-electron chi connectivity index (χ2n) is 5.08. The summed E-state index contributed by atoms with van der Waals surface area (Å²) in [6, 6.07) is 4.11. The third-order valence-corrected chi connectivity index (χ3v) is 4.26. The smallest absolute Gasteiger partial charge is 0.174 e. The molecule has 0 unspecified atom stereocenters. The molecule has 0 heterocycles. The summed E-state index contributed by atoms with van der Waals surface area (Å²) in [6.07, 6.45) is 3.86. The lowest BCUT2D eigenvalue weighted by atomic mass is 9.78. The SMILES string of the molecule is COc1cc(CNC2(C)CCC2)cc(Br)c1OC. The summed E-state index contributed by atoms with van der Waals surface area (Å²) in [7, 11) is 3.31. The highest BCUT2D eigenvalue weighted by molar-refractivity contribution is 9.10.